The monoisotopic (exact) mass is 229 g/mol. The minimum atomic E-state index is 0.972. The highest BCUT2D eigenvalue weighted by Gasteiger charge is 2.03. The number of nitrogens with one attached hydrogen (secondary N) is 1. The lowest BCUT2D eigenvalue weighted by molar-refractivity contribution is 0.917. The first-order valence-corrected chi connectivity index (χ1v) is 6.05. The molecule has 80 valence electrons. The van der Waals surface area contributed by atoms with E-state index in [0.717, 1.165) is 18.4 Å². The van der Waals surface area contributed by atoms with Crippen LogP contribution in [-0.4, -0.2) is 15.0 Å². The van der Waals surface area contributed by atoms with E-state index in [0.29, 0.717) is 0 Å². The number of imidazole rings is 1. The largest absolute Gasteiger partial charge is 0.348 e. The van der Waals surface area contributed by atoms with Crippen molar-refractivity contribution in [2.24, 2.45) is 0 Å². The summed E-state index contributed by atoms with van der Waals surface area (Å²) in [6, 6.07) is 8.26. The van der Waals surface area contributed by atoms with E-state index in [4.69, 9.17) is 0 Å². The maximum absolute atomic E-state index is 4.60. The highest BCUT2D eigenvalue weighted by atomic mass is 32.1. The van der Waals surface area contributed by atoms with Gasteiger partial charge in [-0.3, -0.25) is 0 Å². The fourth-order valence-corrected chi connectivity index (χ4v) is 2.66. The molecular weight excluding hydrogens is 218 g/mol. The number of hydrogen-bond donors (Lipinski definition) is 1. The Labute approximate surface area is 97.2 Å². The number of hydrogen-bond acceptors (Lipinski definition) is 3. The Kier molecular flexibility index (Phi) is 2.42. The molecule has 2 heterocycles. The van der Waals surface area contributed by atoms with Gasteiger partial charge in [0, 0.05) is 18.3 Å². The zero-order valence-corrected chi connectivity index (χ0v) is 9.50. The fourth-order valence-electron chi connectivity index (χ4n) is 1.69. The average Bonchev–Trinajstić information content (AvgIpc) is 2.95. The SMILES string of the molecule is c1ccc2sc(CCc3cnc[nH]3)nc2c1. The summed E-state index contributed by atoms with van der Waals surface area (Å²) in [5, 5.41) is 1.19. The Morgan fingerprint density at radius 1 is 1.19 bits per heavy atom. The lowest BCUT2D eigenvalue weighted by Crippen LogP contribution is -1.90. The standard InChI is InChI=1S/C12H11N3S/c1-2-4-11-10(3-1)15-12(16-11)6-5-9-7-13-8-14-9/h1-4,7-8H,5-6H2,(H,13,14). The molecule has 3 rings (SSSR count). The molecule has 3 aromatic rings. The van der Waals surface area contributed by atoms with E-state index in [1.165, 1.54) is 15.4 Å². The van der Waals surface area contributed by atoms with Crippen molar-refractivity contribution >= 4 is 21.6 Å². The van der Waals surface area contributed by atoms with Gasteiger partial charge < -0.3 is 4.98 Å². The van der Waals surface area contributed by atoms with Crippen LogP contribution >= 0.6 is 11.3 Å². The van der Waals surface area contributed by atoms with Crippen LogP contribution in [0.1, 0.15) is 10.7 Å². The molecule has 0 radical (unpaired) electrons. The third-order valence-corrected chi connectivity index (χ3v) is 3.60. The number of nitrogens with zero attached hydrogens (tertiary/aromatic N) is 2. The number of aryl methyl sites for hydroxylation is 2. The van der Waals surface area contributed by atoms with E-state index in [1.807, 2.05) is 12.3 Å². The number of rotatable bonds is 3. The first-order valence-electron chi connectivity index (χ1n) is 5.23. The van der Waals surface area contributed by atoms with Gasteiger partial charge in [-0.05, 0) is 18.6 Å². The molecule has 0 fully saturated rings. The summed E-state index contributed by atoms with van der Waals surface area (Å²) in [4.78, 5) is 11.7. The van der Waals surface area contributed by atoms with Crippen molar-refractivity contribution in [2.45, 2.75) is 12.8 Å². The quantitative estimate of drug-likeness (QED) is 0.750. The van der Waals surface area contributed by atoms with Gasteiger partial charge in [0.1, 0.15) is 0 Å². The van der Waals surface area contributed by atoms with E-state index >= 15 is 0 Å². The second kappa shape index (κ2) is 4.06. The van der Waals surface area contributed by atoms with Crippen LogP contribution in [0.15, 0.2) is 36.8 Å². The number of thiazole rings is 1. The summed E-state index contributed by atoms with van der Waals surface area (Å²) in [5.41, 5.74) is 2.27. The van der Waals surface area contributed by atoms with Gasteiger partial charge in [-0.2, -0.15) is 0 Å². The molecule has 2 aromatic heterocycles. The van der Waals surface area contributed by atoms with Crippen LogP contribution in [0.4, 0.5) is 0 Å². The predicted octanol–water partition coefficient (Wildman–Crippen LogP) is 2.80. The summed E-state index contributed by atoms with van der Waals surface area (Å²) < 4.78 is 1.27. The minimum Gasteiger partial charge on any atom is -0.348 e. The average molecular weight is 229 g/mol. The molecule has 0 unspecified atom stereocenters. The van der Waals surface area contributed by atoms with Crippen molar-refractivity contribution in [1.82, 2.24) is 15.0 Å². The molecule has 3 nitrogen and oxygen atoms in total. The third-order valence-electron chi connectivity index (χ3n) is 2.50. The Bertz CT molecular complexity index is 550. The molecular formula is C12H11N3S. The number of aromatic amines is 1. The highest BCUT2D eigenvalue weighted by molar-refractivity contribution is 7.18. The van der Waals surface area contributed by atoms with E-state index in [9.17, 15) is 0 Å². The molecule has 1 N–H and O–H groups in total. The molecule has 0 bridgehead atoms. The van der Waals surface area contributed by atoms with Crippen LogP contribution in [0.5, 0.6) is 0 Å². The fraction of sp³-hybridized carbons (Fsp3) is 0.167. The topological polar surface area (TPSA) is 41.6 Å². The van der Waals surface area contributed by atoms with Gasteiger partial charge >= 0.3 is 0 Å². The van der Waals surface area contributed by atoms with Gasteiger partial charge in [0.15, 0.2) is 0 Å². The van der Waals surface area contributed by atoms with Gasteiger partial charge in [0.2, 0.25) is 0 Å². The van der Waals surface area contributed by atoms with E-state index in [2.05, 4.69) is 33.2 Å². The molecule has 0 aliphatic carbocycles. The van der Waals surface area contributed by atoms with Gasteiger partial charge in [-0.1, -0.05) is 12.1 Å². The van der Waals surface area contributed by atoms with Crippen molar-refractivity contribution in [3.8, 4) is 0 Å². The predicted molar refractivity (Wildman–Crippen MR) is 65.6 cm³/mol. The third kappa shape index (κ3) is 1.84. The van der Waals surface area contributed by atoms with E-state index < -0.39 is 0 Å². The molecule has 1 aromatic carbocycles. The molecule has 0 aliphatic heterocycles. The number of fused-ring (bicyclic) bond motifs is 1. The number of benzene rings is 1. The summed E-state index contributed by atoms with van der Waals surface area (Å²) >= 11 is 1.77. The molecule has 0 saturated carbocycles. The zero-order valence-electron chi connectivity index (χ0n) is 8.68. The highest BCUT2D eigenvalue weighted by Crippen LogP contribution is 2.22. The van der Waals surface area contributed by atoms with Crippen molar-refractivity contribution < 1.29 is 0 Å². The van der Waals surface area contributed by atoms with Crippen LogP contribution in [0.3, 0.4) is 0 Å². The van der Waals surface area contributed by atoms with Crippen molar-refractivity contribution in [2.75, 3.05) is 0 Å². The number of H-pyrrole nitrogens is 1. The summed E-state index contributed by atoms with van der Waals surface area (Å²) in [7, 11) is 0. The van der Waals surface area contributed by atoms with Gasteiger partial charge in [0.25, 0.3) is 0 Å². The minimum absolute atomic E-state index is 0.972. The van der Waals surface area contributed by atoms with Gasteiger partial charge in [-0.15, -0.1) is 11.3 Å². The summed E-state index contributed by atoms with van der Waals surface area (Å²) in [6.45, 7) is 0. The maximum atomic E-state index is 4.60. The Morgan fingerprint density at radius 2 is 2.12 bits per heavy atom. The Morgan fingerprint density at radius 3 is 2.94 bits per heavy atom. The van der Waals surface area contributed by atoms with Crippen molar-refractivity contribution in [1.29, 1.82) is 0 Å². The maximum Gasteiger partial charge on any atom is 0.0942 e. The normalized spacial score (nSPS) is 11.0. The number of aromatic nitrogens is 3. The van der Waals surface area contributed by atoms with E-state index in [-0.39, 0.29) is 0 Å². The van der Waals surface area contributed by atoms with Crippen molar-refractivity contribution in [3.63, 3.8) is 0 Å². The Balaban J connectivity index is 1.79. The van der Waals surface area contributed by atoms with E-state index in [1.54, 1.807) is 17.7 Å². The summed E-state index contributed by atoms with van der Waals surface area (Å²) in [5.74, 6) is 0. The van der Waals surface area contributed by atoms with Gasteiger partial charge in [0.05, 0.1) is 21.6 Å². The Hall–Kier alpha value is -1.68. The zero-order chi connectivity index (χ0) is 10.8. The van der Waals surface area contributed by atoms with Crippen LogP contribution in [0, 0.1) is 0 Å². The molecule has 4 heteroatoms. The van der Waals surface area contributed by atoms with Crippen LogP contribution in [0.2, 0.25) is 0 Å². The first kappa shape index (κ1) is 9.54. The molecule has 0 atom stereocenters. The van der Waals surface area contributed by atoms with Gasteiger partial charge in [-0.25, -0.2) is 9.97 Å². The lowest BCUT2D eigenvalue weighted by atomic mass is 10.2. The molecule has 0 amide bonds. The van der Waals surface area contributed by atoms with Crippen LogP contribution < -0.4 is 0 Å². The second-order valence-corrected chi connectivity index (χ2v) is 4.77. The smallest absolute Gasteiger partial charge is 0.0942 e. The molecule has 0 aliphatic rings. The lowest BCUT2D eigenvalue weighted by Gasteiger charge is -1.92. The first-order chi connectivity index (χ1) is 7.92. The number of para-hydroxylation sites is 1. The second-order valence-electron chi connectivity index (χ2n) is 3.65. The molecule has 0 saturated heterocycles. The summed E-state index contributed by atoms with van der Waals surface area (Å²) in [6.07, 6.45) is 5.53. The molecule has 16 heavy (non-hydrogen) atoms. The van der Waals surface area contributed by atoms with Crippen LogP contribution in [-0.2, 0) is 12.8 Å². The van der Waals surface area contributed by atoms with Crippen LogP contribution in [0.25, 0.3) is 10.2 Å². The van der Waals surface area contributed by atoms with Crippen molar-refractivity contribution in [3.05, 3.63) is 47.5 Å². The molecule has 0 spiro atoms.